The number of hydrogen-bond donors (Lipinski definition) is 1. The molecule has 1 N–H and O–H groups in total. The fourth-order valence-corrected chi connectivity index (χ4v) is 1.90. The summed E-state index contributed by atoms with van der Waals surface area (Å²) in [5.41, 5.74) is 0.386. The molecular formula is C12H19N5O. The number of carbonyl (C=O) groups is 1. The zero-order valence-electron chi connectivity index (χ0n) is 10.9. The first-order valence-corrected chi connectivity index (χ1v) is 6.18. The van der Waals surface area contributed by atoms with Gasteiger partial charge in [0.05, 0.1) is 12.4 Å². The van der Waals surface area contributed by atoms with Gasteiger partial charge in [-0.05, 0) is 13.0 Å². The molecule has 1 aliphatic rings. The SMILES string of the molecule is CN(C)C(=O)c1cnc(N2CCCNCC2)cn1. The van der Waals surface area contributed by atoms with Crippen LogP contribution >= 0.6 is 0 Å². The molecule has 1 aliphatic heterocycles. The van der Waals surface area contributed by atoms with E-state index in [1.807, 2.05) is 0 Å². The quantitative estimate of drug-likeness (QED) is 0.798. The second kappa shape index (κ2) is 5.77. The molecule has 2 rings (SSSR count). The first-order chi connectivity index (χ1) is 8.68. The third-order valence-electron chi connectivity index (χ3n) is 2.93. The predicted molar refractivity (Wildman–Crippen MR) is 69.7 cm³/mol. The number of nitrogens with zero attached hydrogens (tertiary/aromatic N) is 4. The van der Waals surface area contributed by atoms with Crippen LogP contribution in [0, 0.1) is 0 Å². The maximum absolute atomic E-state index is 11.7. The van der Waals surface area contributed by atoms with Crippen LogP contribution in [0.3, 0.4) is 0 Å². The van der Waals surface area contributed by atoms with Gasteiger partial charge in [-0.3, -0.25) is 4.79 Å². The van der Waals surface area contributed by atoms with E-state index in [2.05, 4.69) is 20.2 Å². The molecule has 0 unspecified atom stereocenters. The molecule has 2 heterocycles. The van der Waals surface area contributed by atoms with Crippen LogP contribution in [0.25, 0.3) is 0 Å². The molecule has 0 aliphatic carbocycles. The minimum atomic E-state index is -0.119. The van der Waals surface area contributed by atoms with Crippen LogP contribution in [0.5, 0.6) is 0 Å². The second-order valence-electron chi connectivity index (χ2n) is 4.55. The molecule has 98 valence electrons. The number of hydrogen-bond acceptors (Lipinski definition) is 5. The van der Waals surface area contributed by atoms with Crippen LogP contribution < -0.4 is 10.2 Å². The van der Waals surface area contributed by atoms with Gasteiger partial charge in [-0.1, -0.05) is 0 Å². The highest BCUT2D eigenvalue weighted by atomic mass is 16.2. The van der Waals surface area contributed by atoms with Crippen molar-refractivity contribution in [2.24, 2.45) is 0 Å². The molecule has 1 fully saturated rings. The molecule has 0 bridgehead atoms. The van der Waals surface area contributed by atoms with Crippen molar-refractivity contribution in [2.75, 3.05) is 45.2 Å². The van der Waals surface area contributed by atoms with Crippen LogP contribution in [0.1, 0.15) is 16.9 Å². The van der Waals surface area contributed by atoms with Gasteiger partial charge < -0.3 is 15.1 Å². The molecule has 0 saturated carbocycles. The monoisotopic (exact) mass is 249 g/mol. The summed E-state index contributed by atoms with van der Waals surface area (Å²) in [4.78, 5) is 23.9. The van der Waals surface area contributed by atoms with Crippen molar-refractivity contribution in [3.63, 3.8) is 0 Å². The van der Waals surface area contributed by atoms with E-state index < -0.39 is 0 Å². The van der Waals surface area contributed by atoms with Crippen molar-refractivity contribution in [1.29, 1.82) is 0 Å². The fourth-order valence-electron chi connectivity index (χ4n) is 1.90. The molecule has 6 nitrogen and oxygen atoms in total. The van der Waals surface area contributed by atoms with Crippen LogP contribution in [0.15, 0.2) is 12.4 Å². The van der Waals surface area contributed by atoms with E-state index in [0.29, 0.717) is 5.69 Å². The lowest BCUT2D eigenvalue weighted by molar-refractivity contribution is 0.0821. The smallest absolute Gasteiger partial charge is 0.273 e. The molecule has 0 spiro atoms. The Labute approximate surface area is 107 Å². The highest BCUT2D eigenvalue weighted by Gasteiger charge is 2.13. The van der Waals surface area contributed by atoms with Crippen molar-refractivity contribution in [3.8, 4) is 0 Å². The summed E-state index contributed by atoms with van der Waals surface area (Å²) in [6, 6.07) is 0. The lowest BCUT2D eigenvalue weighted by Crippen LogP contribution is -2.29. The Hall–Kier alpha value is -1.69. The molecule has 6 heteroatoms. The van der Waals surface area contributed by atoms with Gasteiger partial charge in [0.2, 0.25) is 0 Å². The fraction of sp³-hybridized carbons (Fsp3) is 0.583. The first kappa shape index (κ1) is 12.8. The Bertz CT molecular complexity index is 395. The van der Waals surface area contributed by atoms with E-state index >= 15 is 0 Å². The Morgan fingerprint density at radius 2 is 2.11 bits per heavy atom. The Morgan fingerprint density at radius 1 is 1.28 bits per heavy atom. The lowest BCUT2D eigenvalue weighted by atomic mass is 10.3. The van der Waals surface area contributed by atoms with Crippen molar-refractivity contribution in [3.05, 3.63) is 18.1 Å². The standard InChI is InChI=1S/C12H19N5O/c1-16(2)12(18)10-8-15-11(9-14-10)17-6-3-4-13-5-7-17/h8-9,13H,3-7H2,1-2H3. The lowest BCUT2D eigenvalue weighted by Gasteiger charge is -2.20. The van der Waals surface area contributed by atoms with Gasteiger partial charge in [0, 0.05) is 33.7 Å². The summed E-state index contributed by atoms with van der Waals surface area (Å²) in [7, 11) is 3.41. The third kappa shape index (κ3) is 2.95. The number of nitrogens with one attached hydrogen (secondary N) is 1. The van der Waals surface area contributed by atoms with Crippen molar-refractivity contribution in [2.45, 2.75) is 6.42 Å². The highest BCUT2D eigenvalue weighted by molar-refractivity contribution is 5.91. The zero-order valence-corrected chi connectivity index (χ0v) is 10.9. The number of carbonyl (C=O) groups excluding carboxylic acids is 1. The Kier molecular flexibility index (Phi) is 4.09. The average molecular weight is 249 g/mol. The van der Waals surface area contributed by atoms with E-state index in [1.54, 1.807) is 26.5 Å². The first-order valence-electron chi connectivity index (χ1n) is 6.18. The normalized spacial score (nSPS) is 16.2. The number of amides is 1. The zero-order chi connectivity index (χ0) is 13.0. The Balaban J connectivity index is 2.09. The second-order valence-corrected chi connectivity index (χ2v) is 4.55. The average Bonchev–Trinajstić information content (AvgIpc) is 2.67. The van der Waals surface area contributed by atoms with E-state index in [9.17, 15) is 4.79 Å². The summed E-state index contributed by atoms with van der Waals surface area (Å²) in [6.45, 7) is 3.90. The number of anilines is 1. The van der Waals surface area contributed by atoms with E-state index in [4.69, 9.17) is 0 Å². The summed E-state index contributed by atoms with van der Waals surface area (Å²) < 4.78 is 0. The molecule has 1 amide bonds. The van der Waals surface area contributed by atoms with Gasteiger partial charge in [-0.2, -0.15) is 0 Å². The highest BCUT2D eigenvalue weighted by Crippen LogP contribution is 2.10. The van der Waals surface area contributed by atoms with Gasteiger partial charge >= 0.3 is 0 Å². The predicted octanol–water partition coefficient (Wildman–Crippen LogP) is -0.0219. The topological polar surface area (TPSA) is 61.4 Å². The van der Waals surface area contributed by atoms with E-state index in [1.165, 1.54) is 4.90 Å². The maximum Gasteiger partial charge on any atom is 0.273 e. The molecule has 0 atom stereocenters. The number of aromatic nitrogens is 2. The molecule has 18 heavy (non-hydrogen) atoms. The summed E-state index contributed by atoms with van der Waals surface area (Å²) in [6.07, 6.45) is 4.33. The van der Waals surface area contributed by atoms with Crippen LogP contribution in [-0.2, 0) is 0 Å². The van der Waals surface area contributed by atoms with Crippen LogP contribution in [0.2, 0.25) is 0 Å². The van der Waals surface area contributed by atoms with Crippen LogP contribution in [-0.4, -0.2) is 61.0 Å². The molecule has 1 aromatic rings. The third-order valence-corrected chi connectivity index (χ3v) is 2.93. The molecule has 1 aromatic heterocycles. The molecule has 0 aromatic carbocycles. The van der Waals surface area contributed by atoms with Gasteiger partial charge in [0.25, 0.3) is 5.91 Å². The van der Waals surface area contributed by atoms with E-state index in [-0.39, 0.29) is 5.91 Å². The summed E-state index contributed by atoms with van der Waals surface area (Å²) in [5, 5.41) is 3.34. The van der Waals surface area contributed by atoms with Gasteiger partial charge in [0.1, 0.15) is 11.5 Å². The van der Waals surface area contributed by atoms with Gasteiger partial charge in [-0.15, -0.1) is 0 Å². The molecular weight excluding hydrogens is 230 g/mol. The minimum Gasteiger partial charge on any atom is -0.354 e. The maximum atomic E-state index is 11.7. The summed E-state index contributed by atoms with van der Waals surface area (Å²) >= 11 is 0. The summed E-state index contributed by atoms with van der Waals surface area (Å²) in [5.74, 6) is 0.723. The number of rotatable bonds is 2. The van der Waals surface area contributed by atoms with E-state index in [0.717, 1.165) is 38.4 Å². The molecule has 1 saturated heterocycles. The van der Waals surface area contributed by atoms with Gasteiger partial charge in [-0.25, -0.2) is 9.97 Å². The van der Waals surface area contributed by atoms with Crippen LogP contribution in [0.4, 0.5) is 5.82 Å². The van der Waals surface area contributed by atoms with Crippen molar-refractivity contribution >= 4 is 11.7 Å². The minimum absolute atomic E-state index is 0.119. The van der Waals surface area contributed by atoms with Crippen molar-refractivity contribution in [1.82, 2.24) is 20.2 Å². The van der Waals surface area contributed by atoms with Crippen molar-refractivity contribution < 1.29 is 4.79 Å². The Morgan fingerprint density at radius 3 is 2.78 bits per heavy atom. The van der Waals surface area contributed by atoms with Gasteiger partial charge in [0.15, 0.2) is 0 Å². The molecule has 0 radical (unpaired) electrons. The largest absolute Gasteiger partial charge is 0.354 e.